The second-order valence-corrected chi connectivity index (χ2v) is 16.2. The lowest BCUT2D eigenvalue weighted by molar-refractivity contribution is 1.17. The molecule has 0 spiro atoms. The van der Waals surface area contributed by atoms with Gasteiger partial charge in [0.15, 0.2) is 0 Å². The first-order valence-electron chi connectivity index (χ1n) is 21.6. The van der Waals surface area contributed by atoms with Crippen molar-refractivity contribution in [2.45, 2.75) is 0 Å². The first-order valence-corrected chi connectivity index (χ1v) is 21.6. The zero-order chi connectivity index (χ0) is 41.7. The first kappa shape index (κ1) is 36.5. The number of hydrogen-bond acceptors (Lipinski definition) is 1. The molecule has 2 aromatic heterocycles. The van der Waals surface area contributed by atoms with Gasteiger partial charge in [0.2, 0.25) is 0 Å². The van der Waals surface area contributed by atoms with Crippen LogP contribution in [-0.4, -0.2) is 9.13 Å². The summed E-state index contributed by atoms with van der Waals surface area (Å²) in [5, 5.41) is 4.95. The van der Waals surface area contributed by atoms with Gasteiger partial charge in [0.1, 0.15) is 0 Å². The Bertz CT molecular complexity index is 3470. The van der Waals surface area contributed by atoms with Crippen molar-refractivity contribution in [3.63, 3.8) is 0 Å². The predicted octanol–water partition coefficient (Wildman–Crippen LogP) is 16.4. The largest absolute Gasteiger partial charge is 0.311 e. The van der Waals surface area contributed by atoms with E-state index in [2.05, 4.69) is 263 Å². The molecule has 0 radical (unpaired) electrons. The van der Waals surface area contributed by atoms with Crippen LogP contribution in [0.3, 0.4) is 0 Å². The van der Waals surface area contributed by atoms with Crippen LogP contribution in [0.5, 0.6) is 0 Å². The lowest BCUT2D eigenvalue weighted by atomic mass is 10.0. The summed E-state index contributed by atoms with van der Waals surface area (Å²) in [6.45, 7) is 0. The summed E-state index contributed by atoms with van der Waals surface area (Å²) in [5.74, 6) is 0. The van der Waals surface area contributed by atoms with E-state index in [1.54, 1.807) is 0 Å². The van der Waals surface area contributed by atoms with E-state index in [9.17, 15) is 0 Å². The molecule has 0 saturated heterocycles. The van der Waals surface area contributed by atoms with Crippen molar-refractivity contribution in [3.05, 3.63) is 249 Å². The van der Waals surface area contributed by atoms with Gasteiger partial charge in [-0.3, -0.25) is 0 Å². The minimum atomic E-state index is 1.08. The van der Waals surface area contributed by atoms with Crippen LogP contribution in [0.1, 0.15) is 0 Å². The van der Waals surface area contributed by atoms with Gasteiger partial charge in [-0.25, -0.2) is 0 Å². The minimum absolute atomic E-state index is 1.08. The minimum Gasteiger partial charge on any atom is -0.311 e. The zero-order valence-corrected chi connectivity index (χ0v) is 34.5. The SMILES string of the molecule is c1ccc(-c2ccc(N(c3ccc(-c4ccccc4)cc3)c3ccc(-n4c5ccccc5c5ccc6c(c7ccccc7n6-c6ccc(-c7ccccc7)cc6)c54)cc3)cc2)cc1. The van der Waals surface area contributed by atoms with Gasteiger partial charge in [-0.05, 0) is 112 Å². The maximum Gasteiger partial charge on any atom is 0.0641 e. The number of para-hydroxylation sites is 2. The van der Waals surface area contributed by atoms with Crippen LogP contribution in [0.4, 0.5) is 17.1 Å². The highest BCUT2D eigenvalue weighted by molar-refractivity contribution is 6.26. The first-order chi connectivity index (χ1) is 31.3. The molecule has 63 heavy (non-hydrogen) atoms. The Balaban J connectivity index is 1.01. The van der Waals surface area contributed by atoms with E-state index in [4.69, 9.17) is 0 Å². The van der Waals surface area contributed by atoms with Gasteiger partial charge in [0.05, 0.1) is 22.1 Å². The van der Waals surface area contributed by atoms with E-state index < -0.39 is 0 Å². The molecule has 0 aliphatic rings. The number of anilines is 3. The van der Waals surface area contributed by atoms with Gasteiger partial charge in [-0.1, -0.05) is 170 Å². The van der Waals surface area contributed by atoms with E-state index >= 15 is 0 Å². The molecule has 0 saturated carbocycles. The molecule has 12 rings (SSSR count). The third-order valence-electron chi connectivity index (χ3n) is 12.5. The standard InChI is InChI=1S/C60H41N3/c1-4-14-42(15-5-1)45-24-30-48(31-25-45)61(49-32-26-46(27-33-49)43-16-6-2-7-17-43)50-36-38-52(39-37-50)63-56-22-12-10-20-53(56)54-40-41-58-59(60(54)63)55-21-11-13-23-57(55)62(58)51-34-28-47(29-35-51)44-18-8-3-9-19-44/h1-41H. The van der Waals surface area contributed by atoms with Crippen LogP contribution in [0, 0.1) is 0 Å². The van der Waals surface area contributed by atoms with Crippen LogP contribution >= 0.6 is 0 Å². The highest BCUT2D eigenvalue weighted by Gasteiger charge is 2.21. The van der Waals surface area contributed by atoms with Gasteiger partial charge in [0.25, 0.3) is 0 Å². The molecule has 0 aliphatic heterocycles. The van der Waals surface area contributed by atoms with Crippen molar-refractivity contribution in [1.82, 2.24) is 9.13 Å². The van der Waals surface area contributed by atoms with Crippen molar-refractivity contribution in [3.8, 4) is 44.8 Å². The highest BCUT2D eigenvalue weighted by atomic mass is 15.1. The van der Waals surface area contributed by atoms with E-state index in [-0.39, 0.29) is 0 Å². The van der Waals surface area contributed by atoms with E-state index in [0.717, 1.165) is 28.4 Å². The Morgan fingerprint density at radius 1 is 0.238 bits per heavy atom. The average Bonchev–Trinajstić information content (AvgIpc) is 3.89. The fourth-order valence-corrected chi connectivity index (χ4v) is 9.55. The number of aromatic nitrogens is 2. The Hall–Kier alpha value is -8.40. The highest BCUT2D eigenvalue weighted by Crippen LogP contribution is 2.43. The molecular formula is C60H41N3. The lowest BCUT2D eigenvalue weighted by Gasteiger charge is -2.26. The Morgan fingerprint density at radius 2 is 0.603 bits per heavy atom. The van der Waals surface area contributed by atoms with Crippen molar-refractivity contribution in [2.75, 3.05) is 4.90 Å². The lowest BCUT2D eigenvalue weighted by Crippen LogP contribution is -2.10. The molecule has 0 bridgehead atoms. The predicted molar refractivity (Wildman–Crippen MR) is 266 cm³/mol. The molecule has 3 nitrogen and oxygen atoms in total. The molecular weight excluding hydrogens is 763 g/mol. The molecule has 12 aromatic rings. The Morgan fingerprint density at radius 3 is 1.11 bits per heavy atom. The van der Waals surface area contributed by atoms with Gasteiger partial charge in [-0.15, -0.1) is 0 Å². The van der Waals surface area contributed by atoms with Crippen LogP contribution in [0.2, 0.25) is 0 Å². The number of rotatable bonds is 8. The van der Waals surface area contributed by atoms with Crippen LogP contribution in [-0.2, 0) is 0 Å². The summed E-state index contributed by atoms with van der Waals surface area (Å²) in [5.41, 5.74) is 17.5. The summed E-state index contributed by atoms with van der Waals surface area (Å²) in [6.07, 6.45) is 0. The average molecular weight is 804 g/mol. The zero-order valence-electron chi connectivity index (χ0n) is 34.5. The molecule has 0 unspecified atom stereocenters. The normalized spacial score (nSPS) is 11.5. The molecule has 0 fully saturated rings. The van der Waals surface area contributed by atoms with Gasteiger partial charge < -0.3 is 14.0 Å². The quantitative estimate of drug-likeness (QED) is 0.149. The summed E-state index contributed by atoms with van der Waals surface area (Å²) < 4.78 is 4.90. The molecule has 0 atom stereocenters. The van der Waals surface area contributed by atoms with Crippen molar-refractivity contribution < 1.29 is 0 Å². The molecule has 10 aromatic carbocycles. The second kappa shape index (κ2) is 15.3. The number of benzene rings is 10. The summed E-state index contributed by atoms with van der Waals surface area (Å²) in [7, 11) is 0. The van der Waals surface area contributed by atoms with E-state index in [0.29, 0.717) is 0 Å². The van der Waals surface area contributed by atoms with Crippen LogP contribution in [0.15, 0.2) is 249 Å². The van der Waals surface area contributed by atoms with Crippen molar-refractivity contribution in [1.29, 1.82) is 0 Å². The fourth-order valence-electron chi connectivity index (χ4n) is 9.55. The molecule has 3 heteroatoms. The molecule has 0 aliphatic carbocycles. The molecule has 0 amide bonds. The number of hydrogen-bond donors (Lipinski definition) is 0. The summed E-state index contributed by atoms with van der Waals surface area (Å²) >= 11 is 0. The smallest absolute Gasteiger partial charge is 0.0641 e. The van der Waals surface area contributed by atoms with Gasteiger partial charge in [-0.2, -0.15) is 0 Å². The fraction of sp³-hybridized carbons (Fsp3) is 0. The van der Waals surface area contributed by atoms with Crippen LogP contribution in [0.25, 0.3) is 88.4 Å². The maximum absolute atomic E-state index is 2.47. The molecule has 296 valence electrons. The summed E-state index contributed by atoms with van der Waals surface area (Å²) in [6, 6.07) is 90.0. The van der Waals surface area contributed by atoms with Gasteiger partial charge in [0, 0.05) is 50.0 Å². The Kier molecular flexibility index (Phi) is 8.83. The van der Waals surface area contributed by atoms with Gasteiger partial charge >= 0.3 is 0 Å². The number of nitrogens with zero attached hydrogens (tertiary/aromatic N) is 3. The second-order valence-electron chi connectivity index (χ2n) is 16.2. The van der Waals surface area contributed by atoms with Crippen molar-refractivity contribution >= 4 is 60.7 Å². The van der Waals surface area contributed by atoms with Crippen molar-refractivity contribution in [2.24, 2.45) is 0 Å². The third kappa shape index (κ3) is 6.29. The molecule has 0 N–H and O–H groups in total. The third-order valence-corrected chi connectivity index (χ3v) is 12.5. The molecule has 2 heterocycles. The number of fused-ring (bicyclic) bond motifs is 7. The monoisotopic (exact) mass is 803 g/mol. The summed E-state index contributed by atoms with van der Waals surface area (Å²) in [4.78, 5) is 2.36. The van der Waals surface area contributed by atoms with E-state index in [1.807, 2.05) is 0 Å². The van der Waals surface area contributed by atoms with E-state index in [1.165, 1.54) is 77.0 Å². The maximum atomic E-state index is 2.47. The topological polar surface area (TPSA) is 13.1 Å². The van der Waals surface area contributed by atoms with Crippen LogP contribution < -0.4 is 4.90 Å². The Labute approximate surface area is 366 Å².